The second-order valence-corrected chi connectivity index (χ2v) is 6.90. The molecule has 0 saturated heterocycles. The normalized spacial score (nSPS) is 25.0. The number of hydrogen-bond donors (Lipinski definition) is 2. The van der Waals surface area contributed by atoms with Crippen LogP contribution in [0.5, 0.6) is 0 Å². The van der Waals surface area contributed by atoms with Gasteiger partial charge in [0.15, 0.2) is 0 Å². The predicted octanol–water partition coefficient (Wildman–Crippen LogP) is 2.48. The van der Waals surface area contributed by atoms with Crippen molar-refractivity contribution in [2.75, 3.05) is 0 Å². The molecule has 1 aromatic rings. The molecule has 1 amide bonds. The first kappa shape index (κ1) is 15.3. The summed E-state index contributed by atoms with van der Waals surface area (Å²) in [5.74, 6) is 2.40. The second kappa shape index (κ2) is 6.63. The molecule has 2 N–H and O–H groups in total. The Labute approximate surface area is 130 Å². The minimum absolute atomic E-state index is 0.0776. The number of amides is 1. The number of H-pyrrole nitrogens is 1. The third kappa shape index (κ3) is 3.96. The Kier molecular flexibility index (Phi) is 4.60. The molecule has 22 heavy (non-hydrogen) atoms. The summed E-state index contributed by atoms with van der Waals surface area (Å²) in [6.07, 6.45) is 7.71. The molecule has 0 bridgehead atoms. The lowest BCUT2D eigenvalue weighted by molar-refractivity contribution is -0.122. The molecular formula is C17H25N3O2. The lowest BCUT2D eigenvalue weighted by Gasteiger charge is -2.28. The van der Waals surface area contributed by atoms with Gasteiger partial charge in [0.25, 0.3) is 5.56 Å². The van der Waals surface area contributed by atoms with Crippen LogP contribution in [0.4, 0.5) is 0 Å². The molecule has 0 aromatic carbocycles. The standard InChI is InChI=1S/C17H25N3O2/c1-11-4-2-3-5-13(11)8-15(21)18-10-14-9-16(22)20-17(19-14)12-6-7-12/h9,11-13H,2-8,10H2,1H3,(H,18,21)(H,19,20,22). The van der Waals surface area contributed by atoms with Crippen LogP contribution in [-0.4, -0.2) is 15.9 Å². The summed E-state index contributed by atoms with van der Waals surface area (Å²) in [6, 6.07) is 1.48. The highest BCUT2D eigenvalue weighted by Crippen LogP contribution is 2.37. The highest BCUT2D eigenvalue weighted by atomic mass is 16.1. The fourth-order valence-electron chi connectivity index (χ4n) is 3.37. The quantitative estimate of drug-likeness (QED) is 0.877. The highest BCUT2D eigenvalue weighted by Gasteiger charge is 2.26. The zero-order valence-corrected chi connectivity index (χ0v) is 13.2. The van der Waals surface area contributed by atoms with Gasteiger partial charge in [0, 0.05) is 18.4 Å². The molecular weight excluding hydrogens is 278 g/mol. The van der Waals surface area contributed by atoms with Crippen LogP contribution in [0.3, 0.4) is 0 Å². The highest BCUT2D eigenvalue weighted by molar-refractivity contribution is 5.76. The number of hydrogen-bond acceptors (Lipinski definition) is 3. The lowest BCUT2D eigenvalue weighted by Crippen LogP contribution is -2.29. The first-order valence-electron chi connectivity index (χ1n) is 8.48. The van der Waals surface area contributed by atoms with E-state index in [0.29, 0.717) is 36.4 Å². The summed E-state index contributed by atoms with van der Waals surface area (Å²) in [7, 11) is 0. The summed E-state index contributed by atoms with van der Waals surface area (Å²) in [4.78, 5) is 31.0. The Balaban J connectivity index is 1.53. The van der Waals surface area contributed by atoms with Gasteiger partial charge in [0.05, 0.1) is 12.2 Å². The third-order valence-electron chi connectivity index (χ3n) is 4.98. The summed E-state index contributed by atoms with van der Waals surface area (Å²) in [5, 5.41) is 2.93. The number of carbonyl (C=O) groups is 1. The molecule has 1 aromatic heterocycles. The molecule has 3 rings (SSSR count). The molecule has 2 unspecified atom stereocenters. The Hall–Kier alpha value is -1.65. The van der Waals surface area contributed by atoms with Crippen LogP contribution < -0.4 is 10.9 Å². The number of aromatic amines is 1. The molecule has 2 aliphatic carbocycles. The van der Waals surface area contributed by atoms with Gasteiger partial charge in [-0.25, -0.2) is 4.98 Å². The van der Waals surface area contributed by atoms with E-state index in [0.717, 1.165) is 25.1 Å². The molecule has 2 aliphatic rings. The van der Waals surface area contributed by atoms with E-state index in [4.69, 9.17) is 0 Å². The molecule has 5 nitrogen and oxygen atoms in total. The summed E-state index contributed by atoms with van der Waals surface area (Å²) in [6.45, 7) is 2.60. The van der Waals surface area contributed by atoms with E-state index in [1.165, 1.54) is 25.3 Å². The van der Waals surface area contributed by atoms with Crippen LogP contribution in [0, 0.1) is 11.8 Å². The first-order valence-corrected chi connectivity index (χ1v) is 8.48. The molecule has 120 valence electrons. The van der Waals surface area contributed by atoms with Gasteiger partial charge in [0.1, 0.15) is 5.82 Å². The minimum atomic E-state index is -0.123. The van der Waals surface area contributed by atoms with E-state index in [2.05, 4.69) is 22.2 Å². The molecule has 0 radical (unpaired) electrons. The second-order valence-electron chi connectivity index (χ2n) is 6.90. The first-order chi connectivity index (χ1) is 10.6. The van der Waals surface area contributed by atoms with E-state index in [-0.39, 0.29) is 11.5 Å². The number of rotatable bonds is 5. The SMILES string of the molecule is CC1CCCCC1CC(=O)NCc1cc(=O)[nH]c(C2CC2)n1. The van der Waals surface area contributed by atoms with Crippen molar-refractivity contribution in [3.05, 3.63) is 27.9 Å². The van der Waals surface area contributed by atoms with Crippen molar-refractivity contribution in [2.24, 2.45) is 11.8 Å². The maximum absolute atomic E-state index is 12.1. The van der Waals surface area contributed by atoms with Crippen LogP contribution in [0.25, 0.3) is 0 Å². The van der Waals surface area contributed by atoms with Crippen LogP contribution in [0.15, 0.2) is 10.9 Å². The van der Waals surface area contributed by atoms with Crippen molar-refractivity contribution in [3.63, 3.8) is 0 Å². The van der Waals surface area contributed by atoms with Crippen molar-refractivity contribution >= 4 is 5.91 Å². The van der Waals surface area contributed by atoms with E-state index >= 15 is 0 Å². The van der Waals surface area contributed by atoms with Gasteiger partial charge in [-0.2, -0.15) is 0 Å². The average molecular weight is 303 g/mol. The number of aromatic nitrogens is 2. The zero-order chi connectivity index (χ0) is 15.5. The third-order valence-corrected chi connectivity index (χ3v) is 4.98. The van der Waals surface area contributed by atoms with Crippen molar-refractivity contribution in [2.45, 2.75) is 64.3 Å². The topological polar surface area (TPSA) is 74.8 Å². The van der Waals surface area contributed by atoms with E-state index in [1.54, 1.807) is 0 Å². The maximum atomic E-state index is 12.1. The van der Waals surface area contributed by atoms with Gasteiger partial charge in [-0.15, -0.1) is 0 Å². The molecule has 0 aliphatic heterocycles. The molecule has 5 heteroatoms. The number of nitrogens with one attached hydrogen (secondary N) is 2. The Morgan fingerprint density at radius 3 is 2.82 bits per heavy atom. The van der Waals surface area contributed by atoms with Crippen molar-refractivity contribution in [1.29, 1.82) is 0 Å². The monoisotopic (exact) mass is 303 g/mol. The van der Waals surface area contributed by atoms with Crippen molar-refractivity contribution in [3.8, 4) is 0 Å². The fraction of sp³-hybridized carbons (Fsp3) is 0.706. The van der Waals surface area contributed by atoms with Gasteiger partial charge < -0.3 is 10.3 Å². The van der Waals surface area contributed by atoms with E-state index in [9.17, 15) is 9.59 Å². The van der Waals surface area contributed by atoms with E-state index < -0.39 is 0 Å². The Morgan fingerprint density at radius 2 is 2.09 bits per heavy atom. The lowest BCUT2D eigenvalue weighted by atomic mass is 9.78. The molecule has 0 spiro atoms. The summed E-state index contributed by atoms with van der Waals surface area (Å²) < 4.78 is 0. The van der Waals surface area contributed by atoms with Crippen LogP contribution in [0.1, 0.15) is 69.3 Å². The van der Waals surface area contributed by atoms with Gasteiger partial charge in [-0.3, -0.25) is 9.59 Å². The fourth-order valence-corrected chi connectivity index (χ4v) is 3.37. The van der Waals surface area contributed by atoms with Gasteiger partial charge in [-0.05, 0) is 31.1 Å². The summed E-state index contributed by atoms with van der Waals surface area (Å²) >= 11 is 0. The van der Waals surface area contributed by atoms with Gasteiger partial charge >= 0.3 is 0 Å². The van der Waals surface area contributed by atoms with Crippen LogP contribution >= 0.6 is 0 Å². The largest absolute Gasteiger partial charge is 0.350 e. The minimum Gasteiger partial charge on any atom is -0.350 e. The van der Waals surface area contributed by atoms with Crippen LogP contribution in [0.2, 0.25) is 0 Å². The Morgan fingerprint density at radius 1 is 1.32 bits per heavy atom. The summed E-state index contributed by atoms with van der Waals surface area (Å²) in [5.41, 5.74) is 0.540. The van der Waals surface area contributed by atoms with E-state index in [1.807, 2.05) is 0 Å². The predicted molar refractivity (Wildman–Crippen MR) is 84.4 cm³/mol. The van der Waals surface area contributed by atoms with Crippen molar-refractivity contribution in [1.82, 2.24) is 15.3 Å². The molecule has 1 heterocycles. The average Bonchev–Trinajstić information content (AvgIpc) is 3.32. The zero-order valence-electron chi connectivity index (χ0n) is 13.2. The number of nitrogens with zero attached hydrogens (tertiary/aromatic N) is 1. The van der Waals surface area contributed by atoms with Crippen LogP contribution in [-0.2, 0) is 11.3 Å². The maximum Gasteiger partial charge on any atom is 0.251 e. The van der Waals surface area contributed by atoms with Gasteiger partial charge in [-0.1, -0.05) is 26.2 Å². The number of carbonyl (C=O) groups excluding carboxylic acids is 1. The van der Waals surface area contributed by atoms with Gasteiger partial charge in [0.2, 0.25) is 5.91 Å². The smallest absolute Gasteiger partial charge is 0.251 e. The Bertz CT molecular complexity index is 592. The molecule has 2 atom stereocenters. The van der Waals surface area contributed by atoms with Crippen molar-refractivity contribution < 1.29 is 4.79 Å². The molecule has 2 fully saturated rings. The molecule has 2 saturated carbocycles.